The van der Waals surface area contributed by atoms with Gasteiger partial charge in [0.1, 0.15) is 5.82 Å². The number of aromatic nitrogens is 6. The number of benzene rings is 15. The Balaban J connectivity index is 0.000000143. The summed E-state index contributed by atoms with van der Waals surface area (Å²) >= 11 is 0. The van der Waals surface area contributed by atoms with Crippen LogP contribution in [0.1, 0.15) is 35.0 Å². The summed E-state index contributed by atoms with van der Waals surface area (Å²) in [6.45, 7) is 2.17. The zero-order valence-corrected chi connectivity index (χ0v) is 54.3. The summed E-state index contributed by atoms with van der Waals surface area (Å²) in [5.74, 6) is 3.04. The quantitative estimate of drug-likeness (QED) is 0.135. The van der Waals surface area contributed by atoms with Crippen molar-refractivity contribution in [1.29, 1.82) is 0 Å². The first kappa shape index (κ1) is 57.5. The van der Waals surface area contributed by atoms with Gasteiger partial charge in [0.05, 0.1) is 33.2 Å². The number of nitrogens with zero attached hydrogens (tertiary/aromatic N) is 6. The Morgan fingerprint density at radius 2 is 0.687 bits per heavy atom. The molecule has 6 nitrogen and oxygen atoms in total. The predicted octanol–water partition coefficient (Wildman–Crippen LogP) is 23.2. The van der Waals surface area contributed by atoms with E-state index >= 15 is 0 Å². The molecule has 464 valence electrons. The Bertz CT molecular complexity index is 6060. The van der Waals surface area contributed by atoms with Gasteiger partial charge in [0.15, 0.2) is 17.5 Å². The lowest BCUT2D eigenvalue weighted by Gasteiger charge is -2.39. The van der Waals surface area contributed by atoms with Crippen LogP contribution in [0, 0.1) is 0 Å². The molecule has 99 heavy (non-hydrogen) atoms. The van der Waals surface area contributed by atoms with Gasteiger partial charge in [0.2, 0.25) is 0 Å². The topological polar surface area (TPSA) is 61.4 Å². The molecule has 0 N–H and O–H groups in total. The van der Waals surface area contributed by atoms with Crippen molar-refractivity contribution in [2.75, 3.05) is 0 Å². The predicted molar refractivity (Wildman–Crippen MR) is 409 cm³/mol. The van der Waals surface area contributed by atoms with E-state index in [0.717, 1.165) is 51.2 Å². The smallest absolute Gasteiger partial charge is 0.164 e. The Morgan fingerprint density at radius 3 is 1.29 bits per heavy atom. The first-order valence-electron chi connectivity index (χ1n) is 34.1. The third-order valence-corrected chi connectivity index (χ3v) is 20.4. The van der Waals surface area contributed by atoms with E-state index in [-0.39, 0.29) is 0 Å². The van der Waals surface area contributed by atoms with E-state index in [1.54, 1.807) is 0 Å². The van der Waals surface area contributed by atoms with Gasteiger partial charge in [-0.3, -0.25) is 4.57 Å². The number of para-hydroxylation sites is 5. The number of hydrogen-bond acceptors (Lipinski definition) is 4. The fourth-order valence-electron chi connectivity index (χ4n) is 16.1. The molecular formula is C93H62N6. The lowest BCUT2D eigenvalue weighted by atomic mass is 9.65. The molecule has 15 aromatic carbocycles. The standard InChI is InChI=1S/C52H32N4.C41H30N2/c1-3-14-34(15-4-1)49-53-50(35-16-5-2-6-17-35)55-51(54-49)36-28-26-33(27-29-36)37-30-31-39-38-18-7-9-21-42(38)52(45(39)32-37)43-22-10-12-25-47(43)56-46-24-11-8-19-40(46)41-20-13-23-44(52)48(41)56;1-2-39-42-37-18-10-11-19-38(37)43(39)32-26-24-31(25-27-32)41-35-16-8-6-14-33(35)40(34-15-7-9-17-36(34)41)30-22-20-29(21-23-30)28-12-4-3-5-13-28/h1-32H;3-27H,2H2,1H3. The molecule has 20 rings (SSSR count). The first-order chi connectivity index (χ1) is 49.1. The summed E-state index contributed by atoms with van der Waals surface area (Å²) in [4.78, 5) is 19.7. The maximum absolute atomic E-state index is 4.98. The zero-order valence-electron chi connectivity index (χ0n) is 54.3. The SMILES string of the molecule is CCc1nc2ccccc2n1-c1ccc(-c2c3ccccc3c(-c3ccc(-c4ccccc4)cc3)c3ccccc23)cc1.c1ccc(-c2nc(-c3ccccc3)nc(-c3ccc(-c4ccc5c(c4)C4(c6ccccc6-5)c5ccccc5-n5c6ccccc6c6cccc4c65)cc3)n2)cc1. The molecule has 0 radical (unpaired) electrons. The van der Waals surface area contributed by atoms with Crippen LogP contribution in [0.2, 0.25) is 0 Å². The zero-order chi connectivity index (χ0) is 65.5. The van der Waals surface area contributed by atoms with Crippen molar-refractivity contribution in [2.45, 2.75) is 18.8 Å². The fourth-order valence-corrected chi connectivity index (χ4v) is 16.1. The summed E-state index contributed by atoms with van der Waals surface area (Å²) in [7, 11) is 0. The molecule has 0 saturated carbocycles. The van der Waals surface area contributed by atoms with E-state index in [1.807, 2.05) is 60.7 Å². The lowest BCUT2D eigenvalue weighted by molar-refractivity contribution is 0.749. The molecule has 1 aliphatic heterocycles. The second kappa shape index (κ2) is 23.5. The van der Waals surface area contributed by atoms with Crippen molar-refractivity contribution >= 4 is 54.4 Å². The van der Waals surface area contributed by atoms with Gasteiger partial charge < -0.3 is 4.57 Å². The molecule has 1 atom stereocenters. The molecule has 3 aromatic heterocycles. The molecule has 4 heterocycles. The molecule has 6 heteroatoms. The van der Waals surface area contributed by atoms with Crippen molar-refractivity contribution in [1.82, 2.24) is 29.1 Å². The van der Waals surface area contributed by atoms with Crippen LogP contribution >= 0.6 is 0 Å². The van der Waals surface area contributed by atoms with Crippen LogP contribution in [0.15, 0.2) is 346 Å². The molecule has 1 spiro atoms. The highest BCUT2D eigenvalue weighted by molar-refractivity contribution is 6.21. The Morgan fingerprint density at radius 1 is 0.273 bits per heavy atom. The molecule has 2 aliphatic rings. The first-order valence-corrected chi connectivity index (χ1v) is 34.1. The van der Waals surface area contributed by atoms with Crippen molar-refractivity contribution in [2.24, 2.45) is 0 Å². The molecule has 0 saturated heterocycles. The monoisotopic (exact) mass is 1260 g/mol. The van der Waals surface area contributed by atoms with E-state index in [9.17, 15) is 0 Å². The average molecular weight is 1260 g/mol. The molecule has 1 unspecified atom stereocenters. The number of rotatable bonds is 9. The van der Waals surface area contributed by atoms with Gasteiger partial charge in [-0.1, -0.05) is 310 Å². The fraction of sp³-hybridized carbons (Fsp3) is 0.0323. The van der Waals surface area contributed by atoms with Crippen molar-refractivity contribution in [3.8, 4) is 101 Å². The van der Waals surface area contributed by atoms with E-state index in [1.165, 1.54) is 121 Å². The van der Waals surface area contributed by atoms with Gasteiger partial charge >= 0.3 is 0 Å². The number of fused-ring (bicyclic) bond motifs is 15. The summed E-state index contributed by atoms with van der Waals surface area (Å²) in [5, 5.41) is 7.62. The number of hydrogen-bond donors (Lipinski definition) is 0. The van der Waals surface area contributed by atoms with E-state index in [4.69, 9.17) is 19.9 Å². The summed E-state index contributed by atoms with van der Waals surface area (Å²) < 4.78 is 4.79. The van der Waals surface area contributed by atoms with Gasteiger partial charge in [-0.05, 0) is 142 Å². The molecule has 0 fully saturated rings. The maximum atomic E-state index is 4.98. The summed E-state index contributed by atoms with van der Waals surface area (Å²) in [5.41, 5.74) is 27.0. The van der Waals surface area contributed by atoms with Gasteiger partial charge in [-0.2, -0.15) is 0 Å². The van der Waals surface area contributed by atoms with Gasteiger partial charge in [0.25, 0.3) is 0 Å². The van der Waals surface area contributed by atoms with Crippen molar-refractivity contribution in [3.63, 3.8) is 0 Å². The van der Waals surface area contributed by atoms with Crippen LogP contribution in [0.4, 0.5) is 0 Å². The third kappa shape index (κ3) is 9.25. The van der Waals surface area contributed by atoms with Gasteiger partial charge in [-0.15, -0.1) is 0 Å². The van der Waals surface area contributed by atoms with Gasteiger partial charge in [-0.25, -0.2) is 19.9 Å². The maximum Gasteiger partial charge on any atom is 0.164 e. The molecule has 0 bridgehead atoms. The van der Waals surface area contributed by atoms with Crippen LogP contribution in [0.5, 0.6) is 0 Å². The van der Waals surface area contributed by atoms with Gasteiger partial charge in [0, 0.05) is 39.6 Å². The molecule has 1 aliphatic carbocycles. The Kier molecular flexibility index (Phi) is 13.6. The van der Waals surface area contributed by atoms with Crippen LogP contribution in [-0.2, 0) is 11.8 Å². The lowest BCUT2D eigenvalue weighted by Crippen LogP contribution is -2.33. The minimum atomic E-state index is -0.491. The highest BCUT2D eigenvalue weighted by atomic mass is 15.1. The van der Waals surface area contributed by atoms with Crippen LogP contribution in [-0.4, -0.2) is 29.1 Å². The second-order valence-corrected chi connectivity index (χ2v) is 25.8. The minimum Gasteiger partial charge on any atom is -0.309 e. The highest BCUT2D eigenvalue weighted by Gasteiger charge is 2.51. The van der Waals surface area contributed by atoms with Crippen LogP contribution < -0.4 is 0 Å². The average Bonchev–Trinajstić information content (AvgIpc) is 1.55. The summed E-state index contributed by atoms with van der Waals surface area (Å²) in [6.07, 6.45) is 0.875. The number of aryl methyl sites for hydroxylation is 1. The molecular weight excluding hydrogens is 1200 g/mol. The Hall–Kier alpha value is -12.9. The van der Waals surface area contributed by atoms with E-state index in [0.29, 0.717) is 17.5 Å². The third-order valence-electron chi connectivity index (χ3n) is 20.4. The normalized spacial score (nSPS) is 13.4. The van der Waals surface area contributed by atoms with Crippen LogP contribution in [0.3, 0.4) is 0 Å². The van der Waals surface area contributed by atoms with Crippen molar-refractivity contribution in [3.05, 3.63) is 374 Å². The minimum absolute atomic E-state index is 0.491. The second-order valence-electron chi connectivity index (χ2n) is 25.8. The molecule has 0 amide bonds. The largest absolute Gasteiger partial charge is 0.309 e. The van der Waals surface area contributed by atoms with Crippen LogP contribution in [0.25, 0.3) is 156 Å². The highest BCUT2D eigenvalue weighted by Crippen LogP contribution is 2.61. The van der Waals surface area contributed by atoms with E-state index < -0.39 is 5.41 Å². The summed E-state index contributed by atoms with van der Waals surface area (Å²) in [6, 6.07) is 124. The molecule has 18 aromatic rings. The van der Waals surface area contributed by atoms with Crippen molar-refractivity contribution < 1.29 is 0 Å². The van der Waals surface area contributed by atoms with E-state index in [2.05, 4.69) is 301 Å². The number of imidazole rings is 1. The Labute approximate surface area is 573 Å².